The summed E-state index contributed by atoms with van der Waals surface area (Å²) in [6, 6.07) is 12.4. The van der Waals surface area contributed by atoms with Crippen LogP contribution in [0.1, 0.15) is 57.6 Å². The maximum atomic E-state index is 10.1. The van der Waals surface area contributed by atoms with Crippen molar-refractivity contribution in [3.8, 4) is 11.3 Å². The highest BCUT2D eigenvalue weighted by Crippen LogP contribution is 2.33. The molecule has 8 nitrogen and oxygen atoms in total. The van der Waals surface area contributed by atoms with E-state index in [1.165, 1.54) is 12.8 Å². The van der Waals surface area contributed by atoms with Gasteiger partial charge in [-0.25, -0.2) is 4.98 Å². The Balaban J connectivity index is 1.42. The zero-order valence-corrected chi connectivity index (χ0v) is 19.7. The average Bonchev–Trinajstić information content (AvgIpc) is 3.62. The number of rotatable bonds is 9. The molecule has 1 fully saturated rings. The lowest BCUT2D eigenvalue weighted by Gasteiger charge is -2.20. The third-order valence-electron chi connectivity index (χ3n) is 6.70. The Labute approximate surface area is 199 Å². The minimum Gasteiger partial charge on any atom is -0.464 e. The Bertz CT molecular complexity index is 1210. The second-order valence-electron chi connectivity index (χ2n) is 9.09. The molecule has 3 N–H and O–H groups in total. The van der Waals surface area contributed by atoms with E-state index in [4.69, 9.17) is 14.4 Å². The Morgan fingerprint density at radius 3 is 2.62 bits per heavy atom. The maximum absolute atomic E-state index is 10.1. The van der Waals surface area contributed by atoms with Crippen LogP contribution in [0.5, 0.6) is 0 Å². The van der Waals surface area contributed by atoms with E-state index in [0.717, 1.165) is 47.3 Å². The first kappa shape index (κ1) is 22.4. The fourth-order valence-electron chi connectivity index (χ4n) is 4.70. The molecule has 1 saturated carbocycles. The van der Waals surface area contributed by atoms with Gasteiger partial charge >= 0.3 is 0 Å². The zero-order valence-electron chi connectivity index (χ0n) is 19.7. The van der Waals surface area contributed by atoms with Crippen LogP contribution in [-0.2, 0) is 6.54 Å². The van der Waals surface area contributed by atoms with Crippen LogP contribution >= 0.6 is 0 Å². The first-order valence-electron chi connectivity index (χ1n) is 12.2. The summed E-state index contributed by atoms with van der Waals surface area (Å²) in [6.45, 7) is 4.43. The van der Waals surface area contributed by atoms with Crippen LogP contribution in [0.25, 0.3) is 22.5 Å². The molecule has 3 aromatic heterocycles. The molecule has 1 aromatic carbocycles. The molecule has 1 aliphatic rings. The van der Waals surface area contributed by atoms with E-state index in [1.807, 2.05) is 25.4 Å². The third-order valence-corrected chi connectivity index (χ3v) is 6.70. The lowest BCUT2D eigenvalue weighted by atomic mass is 10.1. The number of hydrogen-bond acceptors (Lipinski definition) is 7. The van der Waals surface area contributed by atoms with E-state index < -0.39 is 6.10 Å². The normalized spacial score (nSPS) is 16.1. The first-order valence-corrected chi connectivity index (χ1v) is 12.2. The number of nitrogens with one attached hydrogen (secondary N) is 2. The SMILES string of the molecule is CCC(Nc1nc(NCc2ccc(-c3ccco3)cc2)c2ncn(C3CCCC3)c2n1)[C@@H](C)O. The van der Waals surface area contributed by atoms with Crippen molar-refractivity contribution in [1.82, 2.24) is 19.5 Å². The van der Waals surface area contributed by atoms with Gasteiger partial charge in [0.05, 0.1) is 24.7 Å². The van der Waals surface area contributed by atoms with Crippen LogP contribution in [-0.4, -0.2) is 36.8 Å². The minimum atomic E-state index is -0.506. The van der Waals surface area contributed by atoms with Gasteiger partial charge in [0.15, 0.2) is 17.0 Å². The highest BCUT2D eigenvalue weighted by atomic mass is 16.3. The molecular weight excluding hydrogens is 428 g/mol. The van der Waals surface area contributed by atoms with Crippen molar-refractivity contribution < 1.29 is 9.52 Å². The van der Waals surface area contributed by atoms with E-state index in [0.29, 0.717) is 24.4 Å². The molecular formula is C26H32N6O2. The van der Waals surface area contributed by atoms with Crippen molar-refractivity contribution in [3.63, 3.8) is 0 Å². The third kappa shape index (κ3) is 4.63. The summed E-state index contributed by atoms with van der Waals surface area (Å²) in [5.41, 5.74) is 3.78. The second-order valence-corrected chi connectivity index (χ2v) is 9.09. The summed E-state index contributed by atoms with van der Waals surface area (Å²) in [4.78, 5) is 14.3. The van der Waals surface area contributed by atoms with E-state index in [9.17, 15) is 5.11 Å². The molecule has 178 valence electrons. The molecule has 8 heteroatoms. The molecule has 1 aliphatic carbocycles. The number of aliphatic hydroxyl groups is 1. The van der Waals surface area contributed by atoms with E-state index >= 15 is 0 Å². The zero-order chi connectivity index (χ0) is 23.5. The molecule has 1 unspecified atom stereocenters. The molecule has 0 saturated heterocycles. The summed E-state index contributed by atoms with van der Waals surface area (Å²) < 4.78 is 7.68. The first-order chi connectivity index (χ1) is 16.6. The van der Waals surface area contributed by atoms with Crippen molar-refractivity contribution in [2.75, 3.05) is 10.6 Å². The second kappa shape index (κ2) is 9.85. The number of hydrogen-bond donors (Lipinski definition) is 3. The van der Waals surface area contributed by atoms with Crippen molar-refractivity contribution in [2.24, 2.45) is 0 Å². The summed E-state index contributed by atoms with van der Waals surface area (Å²) in [7, 11) is 0. The molecule has 34 heavy (non-hydrogen) atoms. The highest BCUT2D eigenvalue weighted by molar-refractivity contribution is 5.84. The molecule has 0 aliphatic heterocycles. The number of aromatic nitrogens is 4. The number of nitrogens with zero attached hydrogens (tertiary/aromatic N) is 4. The molecule has 5 rings (SSSR count). The minimum absolute atomic E-state index is 0.123. The Hall–Kier alpha value is -3.39. The largest absolute Gasteiger partial charge is 0.464 e. The van der Waals surface area contributed by atoms with Gasteiger partial charge in [-0.1, -0.05) is 44.0 Å². The summed E-state index contributed by atoms with van der Waals surface area (Å²) in [6.07, 6.45) is 8.61. The highest BCUT2D eigenvalue weighted by Gasteiger charge is 2.23. The van der Waals surface area contributed by atoms with Crippen LogP contribution in [0.3, 0.4) is 0 Å². The summed E-state index contributed by atoms with van der Waals surface area (Å²) in [5, 5.41) is 16.9. The fourth-order valence-corrected chi connectivity index (χ4v) is 4.70. The van der Waals surface area contributed by atoms with Gasteiger partial charge in [-0.05, 0) is 43.9 Å². The molecule has 0 bridgehead atoms. The molecule has 2 atom stereocenters. The lowest BCUT2D eigenvalue weighted by molar-refractivity contribution is 0.169. The van der Waals surface area contributed by atoms with Crippen molar-refractivity contribution >= 4 is 22.9 Å². The van der Waals surface area contributed by atoms with E-state index in [1.54, 1.807) is 13.2 Å². The number of furan rings is 1. The summed E-state index contributed by atoms with van der Waals surface area (Å²) in [5.74, 6) is 2.06. The maximum Gasteiger partial charge on any atom is 0.227 e. The monoisotopic (exact) mass is 460 g/mol. The molecule has 0 spiro atoms. The van der Waals surface area contributed by atoms with Crippen LogP contribution in [0.2, 0.25) is 0 Å². The van der Waals surface area contributed by atoms with Crippen molar-refractivity contribution in [2.45, 2.75) is 70.7 Å². The standard InChI is InChI=1S/C26H32N6O2/c1-3-21(17(2)33)29-26-30-24(23-25(31-26)32(16-28-23)20-7-4-5-8-20)27-15-18-10-12-19(13-11-18)22-9-6-14-34-22/h6,9-14,16-17,20-21,33H,3-5,7-8,15H2,1-2H3,(H2,27,29,30,31)/t17-,21?/m1/s1. The van der Waals surface area contributed by atoms with Gasteiger partial charge in [0.1, 0.15) is 5.76 Å². The molecule has 4 aromatic rings. The van der Waals surface area contributed by atoms with E-state index in [-0.39, 0.29) is 6.04 Å². The quantitative estimate of drug-likeness (QED) is 0.308. The Morgan fingerprint density at radius 2 is 1.94 bits per heavy atom. The molecule has 3 heterocycles. The molecule has 0 amide bonds. The van der Waals surface area contributed by atoms with Crippen molar-refractivity contribution in [1.29, 1.82) is 0 Å². The average molecular weight is 461 g/mol. The predicted octanol–water partition coefficient (Wildman–Crippen LogP) is 5.38. The Morgan fingerprint density at radius 1 is 1.15 bits per heavy atom. The number of benzene rings is 1. The van der Waals surface area contributed by atoms with Crippen LogP contribution < -0.4 is 10.6 Å². The number of anilines is 2. The van der Waals surface area contributed by atoms with Gasteiger partial charge in [-0.2, -0.15) is 9.97 Å². The van der Waals surface area contributed by atoms with Crippen LogP contribution in [0.4, 0.5) is 11.8 Å². The predicted molar refractivity (Wildman–Crippen MR) is 134 cm³/mol. The van der Waals surface area contributed by atoms with Gasteiger partial charge in [0.2, 0.25) is 5.95 Å². The van der Waals surface area contributed by atoms with Gasteiger partial charge in [-0.3, -0.25) is 0 Å². The van der Waals surface area contributed by atoms with Gasteiger partial charge in [0, 0.05) is 18.2 Å². The van der Waals surface area contributed by atoms with Crippen LogP contribution in [0.15, 0.2) is 53.4 Å². The van der Waals surface area contributed by atoms with Crippen LogP contribution in [0, 0.1) is 0 Å². The van der Waals surface area contributed by atoms with Crippen molar-refractivity contribution in [3.05, 3.63) is 54.6 Å². The van der Waals surface area contributed by atoms with E-state index in [2.05, 4.69) is 44.5 Å². The number of fused-ring (bicyclic) bond motifs is 1. The Kier molecular flexibility index (Phi) is 6.49. The molecule has 0 radical (unpaired) electrons. The van der Waals surface area contributed by atoms with Gasteiger partial charge in [-0.15, -0.1) is 0 Å². The smallest absolute Gasteiger partial charge is 0.227 e. The van der Waals surface area contributed by atoms with Gasteiger partial charge < -0.3 is 24.7 Å². The topological polar surface area (TPSA) is 101 Å². The number of aliphatic hydroxyl groups excluding tert-OH is 1. The van der Waals surface area contributed by atoms with Gasteiger partial charge in [0.25, 0.3) is 0 Å². The fraction of sp³-hybridized carbons (Fsp3) is 0.423. The number of imidazole rings is 1. The lowest BCUT2D eigenvalue weighted by Crippen LogP contribution is -2.31. The summed E-state index contributed by atoms with van der Waals surface area (Å²) >= 11 is 0.